The van der Waals surface area contributed by atoms with E-state index in [0.29, 0.717) is 18.5 Å². The number of rotatable bonds is 6. The van der Waals surface area contributed by atoms with Gasteiger partial charge in [-0.1, -0.05) is 12.1 Å². The Morgan fingerprint density at radius 3 is 2.45 bits per heavy atom. The van der Waals surface area contributed by atoms with Gasteiger partial charge in [-0.25, -0.2) is 4.39 Å². The monoisotopic (exact) mass is 426 g/mol. The van der Waals surface area contributed by atoms with Gasteiger partial charge < -0.3 is 20.0 Å². The minimum absolute atomic E-state index is 0.0656. The van der Waals surface area contributed by atoms with Crippen molar-refractivity contribution in [2.45, 2.75) is 26.3 Å². The molecule has 1 fully saturated rings. The van der Waals surface area contributed by atoms with E-state index < -0.39 is 29.3 Å². The molecule has 1 saturated heterocycles. The average molecular weight is 426 g/mol. The number of benzene rings is 2. The molecule has 0 radical (unpaired) electrons. The van der Waals surface area contributed by atoms with E-state index in [1.54, 1.807) is 12.1 Å². The van der Waals surface area contributed by atoms with Crippen LogP contribution in [0, 0.1) is 19.7 Å². The summed E-state index contributed by atoms with van der Waals surface area (Å²) in [6, 6.07) is 7.76. The number of phenols is 1. The summed E-state index contributed by atoms with van der Waals surface area (Å²) in [5, 5.41) is 21.5. The summed E-state index contributed by atoms with van der Waals surface area (Å²) in [6.07, 6.45) is 0.598. The van der Waals surface area contributed by atoms with Crippen molar-refractivity contribution in [3.63, 3.8) is 0 Å². The maximum atomic E-state index is 14.0. The Bertz CT molecular complexity index is 1060. The van der Waals surface area contributed by atoms with E-state index in [0.717, 1.165) is 11.1 Å². The van der Waals surface area contributed by atoms with Gasteiger partial charge in [-0.05, 0) is 81.9 Å². The molecule has 1 unspecified atom stereocenters. The first-order valence-electron chi connectivity index (χ1n) is 10.1. The van der Waals surface area contributed by atoms with Crippen LogP contribution in [0.5, 0.6) is 5.75 Å². The smallest absolute Gasteiger partial charge is 0.295 e. The number of ketones is 1. The topological polar surface area (TPSA) is 81.1 Å². The van der Waals surface area contributed by atoms with Gasteiger partial charge in [-0.3, -0.25) is 9.59 Å². The van der Waals surface area contributed by atoms with Crippen LogP contribution in [0.25, 0.3) is 5.76 Å². The zero-order valence-corrected chi connectivity index (χ0v) is 18.1. The van der Waals surface area contributed by atoms with E-state index in [1.807, 2.05) is 32.8 Å². The number of nitrogens with zero attached hydrogens (tertiary/aromatic N) is 2. The fraction of sp³-hybridized carbons (Fsp3) is 0.333. The lowest BCUT2D eigenvalue weighted by Crippen LogP contribution is -2.32. The van der Waals surface area contributed by atoms with Gasteiger partial charge >= 0.3 is 0 Å². The highest BCUT2D eigenvalue weighted by Crippen LogP contribution is 2.41. The number of hydrogen-bond donors (Lipinski definition) is 2. The Hall–Kier alpha value is -3.19. The second-order valence-corrected chi connectivity index (χ2v) is 8.16. The summed E-state index contributed by atoms with van der Waals surface area (Å²) in [6.45, 7) is 4.58. The Kier molecular flexibility index (Phi) is 6.45. The van der Waals surface area contributed by atoms with Crippen LogP contribution in [0.3, 0.4) is 0 Å². The molecule has 6 nitrogen and oxygen atoms in total. The highest BCUT2D eigenvalue weighted by molar-refractivity contribution is 6.46. The van der Waals surface area contributed by atoms with Crippen LogP contribution < -0.4 is 0 Å². The molecule has 0 aromatic heterocycles. The van der Waals surface area contributed by atoms with Gasteiger partial charge in [0.25, 0.3) is 11.7 Å². The molecule has 0 bridgehead atoms. The number of Topliss-reactive ketones (excluding diaryl/α,β-unsaturated/α-hetero) is 1. The van der Waals surface area contributed by atoms with Crippen LogP contribution >= 0.6 is 0 Å². The molecule has 2 aromatic rings. The number of halogens is 1. The fourth-order valence-corrected chi connectivity index (χ4v) is 3.83. The number of amides is 1. The van der Waals surface area contributed by atoms with Gasteiger partial charge in [-0.15, -0.1) is 0 Å². The number of phenolic OH excluding ortho intramolecular Hbond substituents is 1. The molecule has 31 heavy (non-hydrogen) atoms. The maximum Gasteiger partial charge on any atom is 0.295 e. The van der Waals surface area contributed by atoms with Gasteiger partial charge in [0.2, 0.25) is 0 Å². The number of aliphatic hydroxyl groups excluding tert-OH is 1. The largest absolute Gasteiger partial charge is 0.507 e. The van der Waals surface area contributed by atoms with Crippen molar-refractivity contribution in [1.82, 2.24) is 9.80 Å². The minimum Gasteiger partial charge on any atom is -0.507 e. The van der Waals surface area contributed by atoms with Crippen LogP contribution in [0.4, 0.5) is 4.39 Å². The van der Waals surface area contributed by atoms with Crippen LogP contribution in [0.15, 0.2) is 42.0 Å². The quantitative estimate of drug-likeness (QED) is 0.420. The molecule has 0 saturated carbocycles. The van der Waals surface area contributed by atoms with Crippen molar-refractivity contribution in [2.75, 3.05) is 27.2 Å². The molecule has 1 heterocycles. The first kappa shape index (κ1) is 22.5. The normalized spacial score (nSPS) is 18.3. The molecule has 1 atom stereocenters. The molecule has 7 heteroatoms. The lowest BCUT2D eigenvalue weighted by Gasteiger charge is -2.26. The fourth-order valence-electron chi connectivity index (χ4n) is 3.83. The summed E-state index contributed by atoms with van der Waals surface area (Å²) >= 11 is 0. The lowest BCUT2D eigenvalue weighted by atomic mass is 9.93. The molecule has 164 valence electrons. The van der Waals surface area contributed by atoms with E-state index in [1.165, 1.54) is 29.2 Å². The number of likely N-dealkylation sites (tertiary alicyclic amines) is 1. The second-order valence-electron chi connectivity index (χ2n) is 8.16. The molecule has 2 N–H and O–H groups in total. The van der Waals surface area contributed by atoms with E-state index >= 15 is 0 Å². The van der Waals surface area contributed by atoms with Crippen molar-refractivity contribution in [3.8, 4) is 5.75 Å². The van der Waals surface area contributed by atoms with E-state index in [4.69, 9.17) is 0 Å². The van der Waals surface area contributed by atoms with Gasteiger partial charge in [0.15, 0.2) is 0 Å². The SMILES string of the molecule is Cc1cc(O)c(/C(O)=C2\C(=O)C(=O)N(CCCN(C)C)C2c2cccc(F)c2)cc1C. The number of aryl methyl sites for hydroxylation is 2. The van der Waals surface area contributed by atoms with Crippen LogP contribution in [0.1, 0.15) is 34.7 Å². The first-order chi connectivity index (χ1) is 14.6. The summed E-state index contributed by atoms with van der Waals surface area (Å²) in [7, 11) is 3.81. The number of aliphatic hydroxyl groups is 1. The summed E-state index contributed by atoms with van der Waals surface area (Å²) in [5.41, 5.74) is 1.92. The Balaban J connectivity index is 2.16. The van der Waals surface area contributed by atoms with Gasteiger partial charge in [-0.2, -0.15) is 0 Å². The Morgan fingerprint density at radius 1 is 1.13 bits per heavy atom. The molecule has 2 aromatic carbocycles. The Morgan fingerprint density at radius 2 is 1.81 bits per heavy atom. The standard InChI is InChI=1S/C24H27FN2O4/c1-14-11-18(19(28)12-15(14)2)22(29)20-21(16-7-5-8-17(25)13-16)27(24(31)23(20)30)10-6-9-26(3)4/h5,7-8,11-13,21,28-29H,6,9-10H2,1-4H3/b22-20+. The third-order valence-corrected chi connectivity index (χ3v) is 5.58. The molecule has 1 amide bonds. The molecule has 0 aliphatic carbocycles. The number of aromatic hydroxyl groups is 1. The van der Waals surface area contributed by atoms with E-state index in [2.05, 4.69) is 0 Å². The molecule has 1 aliphatic rings. The molecule has 3 rings (SSSR count). The zero-order chi connectivity index (χ0) is 22.9. The number of hydrogen-bond acceptors (Lipinski definition) is 5. The average Bonchev–Trinajstić information content (AvgIpc) is 2.95. The summed E-state index contributed by atoms with van der Waals surface area (Å²) < 4.78 is 14.0. The van der Waals surface area contributed by atoms with Crippen molar-refractivity contribution in [1.29, 1.82) is 0 Å². The number of carbonyl (C=O) groups excluding carboxylic acids is 2. The lowest BCUT2D eigenvalue weighted by molar-refractivity contribution is -0.139. The van der Waals surface area contributed by atoms with Crippen molar-refractivity contribution in [3.05, 3.63) is 70.0 Å². The van der Waals surface area contributed by atoms with Crippen LogP contribution in [0.2, 0.25) is 0 Å². The Labute approximate surface area is 181 Å². The summed E-state index contributed by atoms with van der Waals surface area (Å²) in [4.78, 5) is 29.2. The van der Waals surface area contributed by atoms with Crippen molar-refractivity contribution in [2.24, 2.45) is 0 Å². The van der Waals surface area contributed by atoms with Crippen molar-refractivity contribution >= 4 is 17.4 Å². The molecule has 1 aliphatic heterocycles. The first-order valence-corrected chi connectivity index (χ1v) is 10.1. The minimum atomic E-state index is -0.945. The summed E-state index contributed by atoms with van der Waals surface area (Å²) in [5.74, 6) is -2.78. The predicted molar refractivity (Wildman–Crippen MR) is 116 cm³/mol. The predicted octanol–water partition coefficient (Wildman–Crippen LogP) is 3.52. The maximum absolute atomic E-state index is 14.0. The number of carbonyl (C=O) groups is 2. The highest BCUT2D eigenvalue weighted by Gasteiger charge is 2.46. The van der Waals surface area contributed by atoms with Gasteiger partial charge in [0, 0.05) is 6.54 Å². The third kappa shape index (κ3) is 4.46. The molecule has 0 spiro atoms. The van der Waals surface area contributed by atoms with Crippen LogP contribution in [-0.2, 0) is 9.59 Å². The molecular formula is C24H27FN2O4. The van der Waals surface area contributed by atoms with E-state index in [9.17, 15) is 24.2 Å². The highest BCUT2D eigenvalue weighted by atomic mass is 19.1. The van der Waals surface area contributed by atoms with Crippen molar-refractivity contribution < 1.29 is 24.2 Å². The van der Waals surface area contributed by atoms with Crippen LogP contribution in [-0.4, -0.2) is 58.9 Å². The second kappa shape index (κ2) is 8.89. The third-order valence-electron chi connectivity index (χ3n) is 5.58. The zero-order valence-electron chi connectivity index (χ0n) is 18.1. The molecular weight excluding hydrogens is 399 g/mol. The van der Waals surface area contributed by atoms with E-state index in [-0.39, 0.29) is 23.4 Å². The van der Waals surface area contributed by atoms with Gasteiger partial charge in [0.05, 0.1) is 17.2 Å². The van der Waals surface area contributed by atoms with Gasteiger partial charge in [0.1, 0.15) is 17.3 Å².